The number of ether oxygens (including phenoxy) is 1. The Morgan fingerprint density at radius 2 is 2.20 bits per heavy atom. The third-order valence-electron chi connectivity index (χ3n) is 2.21. The van der Waals surface area contributed by atoms with Crippen molar-refractivity contribution in [1.29, 1.82) is 0 Å². The zero-order valence-electron chi connectivity index (χ0n) is 9.04. The van der Waals surface area contributed by atoms with Crippen molar-refractivity contribution in [3.63, 3.8) is 0 Å². The molecule has 0 aromatic heterocycles. The van der Waals surface area contributed by atoms with Crippen molar-refractivity contribution in [2.75, 3.05) is 26.3 Å². The fourth-order valence-corrected chi connectivity index (χ4v) is 1.16. The summed E-state index contributed by atoms with van der Waals surface area (Å²) in [5.41, 5.74) is 5.24. The summed E-state index contributed by atoms with van der Waals surface area (Å²) < 4.78 is 5.42. The second-order valence-corrected chi connectivity index (χ2v) is 3.76. The number of carbonyl (C=O) groups excluding carboxylic acids is 1. The Bertz CT molecular complexity index is 175. The molecule has 1 fully saturated rings. The molecule has 1 saturated carbocycles. The van der Waals surface area contributed by atoms with Gasteiger partial charge in [0.05, 0.1) is 0 Å². The molecule has 1 aliphatic rings. The lowest BCUT2D eigenvalue weighted by Gasteiger charge is -2.04. The van der Waals surface area contributed by atoms with Gasteiger partial charge in [-0.3, -0.25) is 4.79 Å². The summed E-state index contributed by atoms with van der Waals surface area (Å²) in [5.74, 6) is 0.858. The largest absolute Gasteiger partial charge is 0.381 e. The Morgan fingerprint density at radius 1 is 1.47 bits per heavy atom. The predicted octanol–water partition coefficient (Wildman–Crippen LogP) is 0.690. The van der Waals surface area contributed by atoms with Crippen molar-refractivity contribution in [3.05, 3.63) is 0 Å². The van der Waals surface area contributed by atoms with Gasteiger partial charge in [-0.1, -0.05) is 0 Å². The molecule has 1 amide bonds. The van der Waals surface area contributed by atoms with Crippen LogP contribution < -0.4 is 11.1 Å². The van der Waals surface area contributed by atoms with Crippen LogP contribution in [0.25, 0.3) is 0 Å². The highest BCUT2D eigenvalue weighted by Crippen LogP contribution is 2.28. The highest BCUT2D eigenvalue weighted by molar-refractivity contribution is 5.85. The van der Waals surface area contributed by atoms with Crippen LogP contribution in [-0.4, -0.2) is 32.2 Å². The third-order valence-corrected chi connectivity index (χ3v) is 2.21. The Balaban J connectivity index is 0.00000196. The molecular weight excluding hydrogens is 216 g/mol. The number of nitrogens with one attached hydrogen (secondary N) is 1. The first kappa shape index (κ1) is 14.7. The Kier molecular flexibility index (Phi) is 8.76. The number of rotatable bonds is 8. The Hall–Kier alpha value is -0.320. The number of halogens is 1. The summed E-state index contributed by atoms with van der Waals surface area (Å²) in [6.07, 6.45) is 3.96. The first-order chi connectivity index (χ1) is 6.83. The fourth-order valence-electron chi connectivity index (χ4n) is 1.16. The van der Waals surface area contributed by atoms with Gasteiger partial charge in [0.2, 0.25) is 5.91 Å². The second-order valence-electron chi connectivity index (χ2n) is 3.76. The molecule has 0 heterocycles. The van der Waals surface area contributed by atoms with Crippen LogP contribution in [0.15, 0.2) is 0 Å². The molecule has 0 spiro atoms. The molecular formula is C10H21ClN2O2. The summed E-state index contributed by atoms with van der Waals surface area (Å²) in [5, 5.41) is 2.79. The van der Waals surface area contributed by atoms with E-state index in [1.54, 1.807) is 0 Å². The lowest BCUT2D eigenvalue weighted by atomic mass is 10.4. The van der Waals surface area contributed by atoms with Crippen molar-refractivity contribution in [3.8, 4) is 0 Å². The maximum absolute atomic E-state index is 11.0. The molecule has 0 atom stereocenters. The number of carbonyl (C=O) groups is 1. The van der Waals surface area contributed by atoms with E-state index in [2.05, 4.69) is 5.32 Å². The van der Waals surface area contributed by atoms with Crippen LogP contribution >= 0.6 is 12.4 Å². The van der Waals surface area contributed by atoms with Crippen LogP contribution in [0.4, 0.5) is 0 Å². The van der Waals surface area contributed by atoms with Crippen LogP contribution in [0, 0.1) is 5.92 Å². The zero-order chi connectivity index (χ0) is 10.2. The molecule has 0 aromatic rings. The topological polar surface area (TPSA) is 64.4 Å². The smallest absolute Gasteiger partial charge is 0.221 e. The molecule has 0 aliphatic heterocycles. The van der Waals surface area contributed by atoms with Crippen molar-refractivity contribution in [2.45, 2.75) is 25.7 Å². The quantitative estimate of drug-likeness (QED) is 0.610. The van der Waals surface area contributed by atoms with E-state index >= 15 is 0 Å². The summed E-state index contributed by atoms with van der Waals surface area (Å²) in [6, 6.07) is 0. The van der Waals surface area contributed by atoms with E-state index in [1.165, 1.54) is 12.8 Å². The molecule has 1 rings (SSSR count). The Labute approximate surface area is 97.3 Å². The predicted molar refractivity (Wildman–Crippen MR) is 62.1 cm³/mol. The van der Waals surface area contributed by atoms with Crippen LogP contribution in [0.3, 0.4) is 0 Å². The van der Waals surface area contributed by atoms with Gasteiger partial charge in [0.15, 0.2) is 0 Å². The lowest BCUT2D eigenvalue weighted by molar-refractivity contribution is -0.120. The molecule has 0 radical (unpaired) electrons. The van der Waals surface area contributed by atoms with E-state index in [0.29, 0.717) is 19.5 Å². The van der Waals surface area contributed by atoms with Crippen molar-refractivity contribution >= 4 is 18.3 Å². The van der Waals surface area contributed by atoms with Gasteiger partial charge in [0, 0.05) is 32.7 Å². The monoisotopic (exact) mass is 236 g/mol. The van der Waals surface area contributed by atoms with E-state index in [1.807, 2.05) is 0 Å². The number of hydrogen-bond donors (Lipinski definition) is 2. The summed E-state index contributed by atoms with van der Waals surface area (Å²) in [6.45, 7) is 2.77. The highest BCUT2D eigenvalue weighted by Gasteiger charge is 2.20. The van der Waals surface area contributed by atoms with Crippen LogP contribution in [-0.2, 0) is 9.53 Å². The van der Waals surface area contributed by atoms with Gasteiger partial charge < -0.3 is 15.8 Å². The van der Waals surface area contributed by atoms with Gasteiger partial charge in [-0.15, -0.1) is 12.4 Å². The fraction of sp³-hybridized carbons (Fsp3) is 0.900. The van der Waals surface area contributed by atoms with Gasteiger partial charge in [0.1, 0.15) is 0 Å². The lowest BCUT2D eigenvalue weighted by Crippen LogP contribution is -2.27. The number of nitrogens with two attached hydrogens (primary N) is 1. The summed E-state index contributed by atoms with van der Waals surface area (Å²) >= 11 is 0. The van der Waals surface area contributed by atoms with E-state index in [-0.39, 0.29) is 18.3 Å². The minimum Gasteiger partial charge on any atom is -0.381 e. The molecule has 90 valence electrons. The van der Waals surface area contributed by atoms with Gasteiger partial charge in [-0.2, -0.15) is 0 Å². The molecule has 4 nitrogen and oxygen atoms in total. The van der Waals surface area contributed by atoms with E-state index < -0.39 is 0 Å². The molecule has 3 N–H and O–H groups in total. The molecule has 15 heavy (non-hydrogen) atoms. The first-order valence-corrected chi connectivity index (χ1v) is 5.37. The average Bonchev–Trinajstić information content (AvgIpc) is 2.95. The number of amides is 1. The van der Waals surface area contributed by atoms with E-state index in [0.717, 1.165) is 25.6 Å². The molecule has 1 aliphatic carbocycles. The van der Waals surface area contributed by atoms with Crippen LogP contribution in [0.1, 0.15) is 25.7 Å². The van der Waals surface area contributed by atoms with Gasteiger partial charge in [0.25, 0.3) is 0 Å². The van der Waals surface area contributed by atoms with Gasteiger partial charge in [-0.05, 0) is 25.2 Å². The van der Waals surface area contributed by atoms with E-state index in [9.17, 15) is 4.79 Å². The summed E-state index contributed by atoms with van der Waals surface area (Å²) in [7, 11) is 0. The molecule has 0 unspecified atom stereocenters. The SMILES string of the molecule is Cl.NCCC(=O)NCCCOCC1CC1. The highest BCUT2D eigenvalue weighted by atomic mass is 35.5. The second kappa shape index (κ2) is 8.95. The van der Waals surface area contributed by atoms with Gasteiger partial charge >= 0.3 is 0 Å². The third kappa shape index (κ3) is 8.66. The molecule has 0 bridgehead atoms. The van der Waals surface area contributed by atoms with Crippen LogP contribution in [0.5, 0.6) is 0 Å². The van der Waals surface area contributed by atoms with Crippen molar-refractivity contribution in [1.82, 2.24) is 5.32 Å². The summed E-state index contributed by atoms with van der Waals surface area (Å²) in [4.78, 5) is 11.0. The van der Waals surface area contributed by atoms with Crippen molar-refractivity contribution < 1.29 is 9.53 Å². The molecule has 5 heteroatoms. The standard InChI is InChI=1S/C10H20N2O2.ClH/c11-5-4-10(13)12-6-1-7-14-8-9-2-3-9;/h9H,1-8,11H2,(H,12,13);1H. The van der Waals surface area contributed by atoms with Crippen LogP contribution in [0.2, 0.25) is 0 Å². The molecule has 0 aromatic carbocycles. The van der Waals surface area contributed by atoms with Crippen molar-refractivity contribution in [2.24, 2.45) is 11.7 Å². The molecule has 0 saturated heterocycles. The first-order valence-electron chi connectivity index (χ1n) is 5.37. The maximum atomic E-state index is 11.0. The zero-order valence-corrected chi connectivity index (χ0v) is 9.85. The average molecular weight is 237 g/mol. The Morgan fingerprint density at radius 3 is 2.80 bits per heavy atom. The maximum Gasteiger partial charge on any atom is 0.221 e. The minimum absolute atomic E-state index is 0. The van der Waals surface area contributed by atoms with Gasteiger partial charge in [-0.25, -0.2) is 0 Å². The normalized spacial score (nSPS) is 14.5. The number of hydrogen-bond acceptors (Lipinski definition) is 3. The minimum atomic E-state index is 0. The van der Waals surface area contributed by atoms with E-state index in [4.69, 9.17) is 10.5 Å².